The minimum Gasteiger partial charge on any atom is -0.327 e. The number of carbonyl (C=O) groups is 1. The minimum absolute atomic E-state index is 0. The maximum Gasteiger partial charge on any atom is 0.230 e. The van der Waals surface area contributed by atoms with E-state index < -0.39 is 0 Å². The van der Waals surface area contributed by atoms with Crippen molar-refractivity contribution in [1.82, 2.24) is 4.98 Å². The zero-order valence-electron chi connectivity index (χ0n) is 12.1. The third kappa shape index (κ3) is 5.12. The molecular formula is C15H20ClN3OS. The van der Waals surface area contributed by atoms with E-state index in [-0.39, 0.29) is 30.3 Å². The molecule has 0 aliphatic carbocycles. The van der Waals surface area contributed by atoms with Crippen molar-refractivity contribution in [2.75, 3.05) is 5.32 Å². The third-order valence-electron chi connectivity index (χ3n) is 3.21. The van der Waals surface area contributed by atoms with Gasteiger partial charge in [-0.05, 0) is 12.5 Å². The average Bonchev–Trinajstić information content (AvgIpc) is 2.86. The predicted molar refractivity (Wildman–Crippen MR) is 90.1 cm³/mol. The van der Waals surface area contributed by atoms with Gasteiger partial charge in [-0.3, -0.25) is 4.79 Å². The van der Waals surface area contributed by atoms with E-state index >= 15 is 0 Å². The van der Waals surface area contributed by atoms with Gasteiger partial charge in [0.15, 0.2) is 5.13 Å². The number of amides is 1. The second-order valence-electron chi connectivity index (χ2n) is 4.93. The molecule has 0 saturated heterocycles. The summed E-state index contributed by atoms with van der Waals surface area (Å²) in [4.78, 5) is 17.3. The van der Waals surface area contributed by atoms with Gasteiger partial charge in [-0.15, -0.1) is 23.7 Å². The summed E-state index contributed by atoms with van der Waals surface area (Å²) < 4.78 is 0. The Morgan fingerprint density at radius 3 is 2.62 bits per heavy atom. The Morgan fingerprint density at radius 1 is 1.33 bits per heavy atom. The quantitative estimate of drug-likeness (QED) is 0.887. The topological polar surface area (TPSA) is 68.0 Å². The number of nitrogens with two attached hydrogens (primary N) is 1. The molecule has 2 unspecified atom stereocenters. The molecule has 0 aliphatic heterocycles. The lowest BCUT2D eigenvalue weighted by Gasteiger charge is -2.13. The second-order valence-corrected chi connectivity index (χ2v) is 6.05. The number of thiazole rings is 1. The van der Waals surface area contributed by atoms with E-state index in [0.29, 0.717) is 5.13 Å². The van der Waals surface area contributed by atoms with Gasteiger partial charge in [0.25, 0.3) is 0 Å². The fourth-order valence-electron chi connectivity index (χ4n) is 1.70. The first kappa shape index (κ1) is 17.6. The van der Waals surface area contributed by atoms with E-state index in [0.717, 1.165) is 11.3 Å². The molecule has 0 saturated carbocycles. The standard InChI is InChI=1S/C15H19N3OS.ClH/c1-10(11(2)16)14(19)18-15-17-9-13(20-15)8-12-6-4-3-5-7-12;/h3-7,9-11H,8,16H2,1-2H3,(H,17,18,19);1H. The van der Waals surface area contributed by atoms with Crippen LogP contribution in [-0.4, -0.2) is 16.9 Å². The lowest BCUT2D eigenvalue weighted by Crippen LogP contribution is -2.34. The Kier molecular flexibility index (Phi) is 6.81. The normalized spacial score (nSPS) is 13.1. The van der Waals surface area contributed by atoms with Crippen LogP contribution in [0.2, 0.25) is 0 Å². The van der Waals surface area contributed by atoms with Crippen LogP contribution in [0.15, 0.2) is 36.5 Å². The average molecular weight is 326 g/mol. The fraction of sp³-hybridized carbons (Fsp3) is 0.333. The Bertz CT molecular complexity index is 571. The molecule has 0 radical (unpaired) electrons. The Balaban J connectivity index is 0.00000220. The van der Waals surface area contributed by atoms with Crippen LogP contribution in [0.3, 0.4) is 0 Å². The highest BCUT2D eigenvalue weighted by Gasteiger charge is 2.18. The highest BCUT2D eigenvalue weighted by atomic mass is 35.5. The number of carbonyl (C=O) groups excluding carboxylic acids is 1. The van der Waals surface area contributed by atoms with Crippen LogP contribution in [0.5, 0.6) is 0 Å². The number of anilines is 1. The molecule has 0 aliphatic rings. The summed E-state index contributed by atoms with van der Waals surface area (Å²) in [6.07, 6.45) is 2.64. The molecule has 1 amide bonds. The largest absolute Gasteiger partial charge is 0.327 e. The van der Waals surface area contributed by atoms with Crippen molar-refractivity contribution in [1.29, 1.82) is 0 Å². The van der Waals surface area contributed by atoms with Crippen LogP contribution in [0.25, 0.3) is 0 Å². The van der Waals surface area contributed by atoms with Crippen molar-refractivity contribution in [3.05, 3.63) is 47.0 Å². The zero-order valence-corrected chi connectivity index (χ0v) is 13.7. The summed E-state index contributed by atoms with van der Waals surface area (Å²) in [5, 5.41) is 3.45. The summed E-state index contributed by atoms with van der Waals surface area (Å²) in [6, 6.07) is 10.0. The van der Waals surface area contributed by atoms with Crippen LogP contribution >= 0.6 is 23.7 Å². The van der Waals surface area contributed by atoms with Crippen LogP contribution in [0.4, 0.5) is 5.13 Å². The second kappa shape index (κ2) is 8.12. The SMILES string of the molecule is CC(N)C(C)C(=O)Nc1ncc(Cc2ccccc2)s1.Cl. The van der Waals surface area contributed by atoms with E-state index in [4.69, 9.17) is 5.73 Å². The lowest BCUT2D eigenvalue weighted by atomic mass is 10.0. The lowest BCUT2D eigenvalue weighted by molar-refractivity contribution is -0.119. The summed E-state index contributed by atoms with van der Waals surface area (Å²) in [5.74, 6) is -0.308. The maximum atomic E-state index is 11.9. The number of nitrogens with zero attached hydrogens (tertiary/aromatic N) is 1. The number of aromatic nitrogens is 1. The van der Waals surface area contributed by atoms with Gasteiger partial charge in [-0.25, -0.2) is 4.98 Å². The Morgan fingerprint density at radius 2 is 2.00 bits per heavy atom. The van der Waals surface area contributed by atoms with Gasteiger partial charge in [0.1, 0.15) is 0 Å². The van der Waals surface area contributed by atoms with Crippen molar-refractivity contribution < 1.29 is 4.79 Å². The van der Waals surface area contributed by atoms with Gasteiger partial charge in [0, 0.05) is 23.5 Å². The number of benzene rings is 1. The summed E-state index contributed by atoms with van der Waals surface area (Å²) in [5.41, 5.74) is 6.95. The molecule has 2 rings (SSSR count). The van der Waals surface area contributed by atoms with Gasteiger partial charge in [-0.1, -0.05) is 37.3 Å². The van der Waals surface area contributed by atoms with Gasteiger partial charge in [0.05, 0.1) is 5.92 Å². The number of rotatable bonds is 5. The molecule has 1 aromatic heterocycles. The number of halogens is 1. The van der Waals surface area contributed by atoms with E-state index in [1.54, 1.807) is 0 Å². The first-order valence-electron chi connectivity index (χ1n) is 6.61. The summed E-state index contributed by atoms with van der Waals surface area (Å²) in [7, 11) is 0. The Labute approximate surface area is 135 Å². The predicted octanol–water partition coefficient (Wildman–Crippen LogP) is 3.08. The molecule has 4 nitrogen and oxygen atoms in total. The monoisotopic (exact) mass is 325 g/mol. The highest BCUT2D eigenvalue weighted by Crippen LogP contribution is 2.21. The van der Waals surface area contributed by atoms with Crippen molar-refractivity contribution in [3.63, 3.8) is 0 Å². The van der Waals surface area contributed by atoms with Crippen molar-refractivity contribution in [2.45, 2.75) is 26.3 Å². The van der Waals surface area contributed by atoms with Crippen LogP contribution in [0, 0.1) is 5.92 Å². The van der Waals surface area contributed by atoms with E-state index in [2.05, 4.69) is 22.4 Å². The van der Waals surface area contributed by atoms with Crippen LogP contribution in [-0.2, 0) is 11.2 Å². The molecule has 2 aromatic rings. The van der Waals surface area contributed by atoms with Gasteiger partial charge in [-0.2, -0.15) is 0 Å². The molecule has 2 atom stereocenters. The van der Waals surface area contributed by atoms with Gasteiger partial charge < -0.3 is 11.1 Å². The van der Waals surface area contributed by atoms with Crippen molar-refractivity contribution in [3.8, 4) is 0 Å². The van der Waals surface area contributed by atoms with Crippen molar-refractivity contribution in [2.24, 2.45) is 11.7 Å². The molecule has 0 bridgehead atoms. The van der Waals surface area contributed by atoms with Crippen LogP contribution in [0.1, 0.15) is 24.3 Å². The third-order valence-corrected chi connectivity index (χ3v) is 4.12. The fourth-order valence-corrected chi connectivity index (χ4v) is 2.55. The number of hydrogen-bond donors (Lipinski definition) is 2. The van der Waals surface area contributed by atoms with E-state index in [9.17, 15) is 4.79 Å². The van der Waals surface area contributed by atoms with Gasteiger partial charge in [0.2, 0.25) is 5.91 Å². The molecule has 1 heterocycles. The molecule has 0 spiro atoms. The first-order chi connectivity index (χ1) is 9.56. The first-order valence-corrected chi connectivity index (χ1v) is 7.43. The molecule has 0 fully saturated rings. The smallest absolute Gasteiger partial charge is 0.230 e. The zero-order chi connectivity index (χ0) is 14.5. The summed E-state index contributed by atoms with van der Waals surface area (Å²) in [6.45, 7) is 3.64. The van der Waals surface area contributed by atoms with E-state index in [1.165, 1.54) is 16.9 Å². The van der Waals surface area contributed by atoms with Crippen molar-refractivity contribution >= 4 is 34.8 Å². The highest BCUT2D eigenvalue weighted by molar-refractivity contribution is 7.15. The maximum absolute atomic E-state index is 11.9. The molecule has 1 aromatic carbocycles. The molecule has 114 valence electrons. The number of nitrogens with one attached hydrogen (secondary N) is 1. The Hall–Kier alpha value is -1.43. The number of hydrogen-bond acceptors (Lipinski definition) is 4. The molecule has 6 heteroatoms. The molecule has 3 N–H and O–H groups in total. The molecule has 21 heavy (non-hydrogen) atoms. The molecular weight excluding hydrogens is 306 g/mol. The minimum atomic E-state index is -0.225. The van der Waals surface area contributed by atoms with Gasteiger partial charge >= 0.3 is 0 Å². The van der Waals surface area contributed by atoms with Crippen LogP contribution < -0.4 is 11.1 Å². The summed E-state index contributed by atoms with van der Waals surface area (Å²) >= 11 is 1.50. The van der Waals surface area contributed by atoms with E-state index in [1.807, 2.05) is 38.2 Å².